The van der Waals surface area contributed by atoms with E-state index in [1.54, 1.807) is 12.1 Å². The molecule has 8 heteroatoms. The van der Waals surface area contributed by atoms with Gasteiger partial charge in [-0.05, 0) is 24.3 Å². The van der Waals surface area contributed by atoms with Crippen LogP contribution >= 0.6 is 23.3 Å². The summed E-state index contributed by atoms with van der Waals surface area (Å²) < 4.78 is 8.24. The van der Waals surface area contributed by atoms with Crippen LogP contribution in [0.3, 0.4) is 0 Å². The first-order valence-corrected chi connectivity index (χ1v) is 6.37. The molecule has 19 heavy (non-hydrogen) atoms. The second kappa shape index (κ2) is 4.87. The predicted octanol–water partition coefficient (Wildman–Crippen LogP) is 2.39. The molecule has 0 aliphatic rings. The van der Waals surface area contributed by atoms with Crippen LogP contribution in [0.2, 0.25) is 5.15 Å². The lowest BCUT2D eigenvalue weighted by molar-refractivity contribution is 0.102. The molecule has 0 aliphatic heterocycles. The molecule has 3 rings (SSSR count). The van der Waals surface area contributed by atoms with Crippen molar-refractivity contribution in [2.24, 2.45) is 0 Å². The minimum atomic E-state index is -0.371. The van der Waals surface area contributed by atoms with Crippen molar-refractivity contribution in [3.8, 4) is 0 Å². The average molecular weight is 292 g/mol. The van der Waals surface area contributed by atoms with Gasteiger partial charge in [0, 0.05) is 0 Å². The summed E-state index contributed by atoms with van der Waals surface area (Å²) in [6, 6.07) is 8.40. The molecule has 6 nitrogen and oxygen atoms in total. The van der Waals surface area contributed by atoms with E-state index in [9.17, 15) is 4.79 Å². The Balaban J connectivity index is 1.90. The minimum absolute atomic E-state index is 0.185. The van der Waals surface area contributed by atoms with Crippen molar-refractivity contribution < 1.29 is 4.79 Å². The number of halogens is 1. The highest BCUT2D eigenvalue weighted by Crippen LogP contribution is 2.21. The molecule has 0 saturated heterocycles. The van der Waals surface area contributed by atoms with Crippen LogP contribution in [0.25, 0.3) is 11.0 Å². The summed E-state index contributed by atoms with van der Waals surface area (Å²) in [5, 5.41) is 10.3. The summed E-state index contributed by atoms with van der Waals surface area (Å²) in [5.74, 6) is -0.371. The van der Waals surface area contributed by atoms with E-state index in [0.29, 0.717) is 11.2 Å². The van der Waals surface area contributed by atoms with Gasteiger partial charge in [-0.15, -0.1) is 10.2 Å². The van der Waals surface area contributed by atoms with E-state index in [2.05, 4.69) is 24.3 Å². The molecule has 1 aromatic carbocycles. The Morgan fingerprint density at radius 3 is 2.84 bits per heavy atom. The van der Waals surface area contributed by atoms with Gasteiger partial charge in [0.05, 0.1) is 17.4 Å². The zero-order valence-corrected chi connectivity index (χ0v) is 10.9. The quantitative estimate of drug-likeness (QED) is 0.784. The summed E-state index contributed by atoms with van der Waals surface area (Å²) >= 11 is 6.71. The predicted molar refractivity (Wildman–Crippen MR) is 72.4 cm³/mol. The SMILES string of the molecule is O=C(Nc1cccc2nsnc12)c1ccc(Cl)nn1. The lowest BCUT2D eigenvalue weighted by Gasteiger charge is -2.04. The van der Waals surface area contributed by atoms with Gasteiger partial charge >= 0.3 is 0 Å². The van der Waals surface area contributed by atoms with Crippen molar-refractivity contribution in [1.82, 2.24) is 18.9 Å². The van der Waals surface area contributed by atoms with Gasteiger partial charge in [-0.3, -0.25) is 4.79 Å². The fourth-order valence-electron chi connectivity index (χ4n) is 1.53. The van der Waals surface area contributed by atoms with E-state index in [1.165, 1.54) is 12.1 Å². The maximum atomic E-state index is 12.0. The van der Waals surface area contributed by atoms with Crippen LogP contribution in [-0.2, 0) is 0 Å². The van der Waals surface area contributed by atoms with Crippen molar-refractivity contribution in [3.05, 3.63) is 41.2 Å². The van der Waals surface area contributed by atoms with Crippen LogP contribution in [0.5, 0.6) is 0 Å². The Labute approximate surface area is 116 Å². The molecule has 94 valence electrons. The number of amides is 1. The molecule has 0 saturated carbocycles. The van der Waals surface area contributed by atoms with Gasteiger partial charge in [-0.1, -0.05) is 17.7 Å². The van der Waals surface area contributed by atoms with E-state index in [0.717, 1.165) is 17.2 Å². The van der Waals surface area contributed by atoms with Crippen molar-refractivity contribution in [2.75, 3.05) is 5.32 Å². The highest BCUT2D eigenvalue weighted by Gasteiger charge is 2.11. The Morgan fingerprint density at radius 1 is 1.16 bits per heavy atom. The highest BCUT2D eigenvalue weighted by atomic mass is 35.5. The van der Waals surface area contributed by atoms with E-state index in [-0.39, 0.29) is 16.8 Å². The monoisotopic (exact) mass is 291 g/mol. The molecule has 0 unspecified atom stereocenters. The van der Waals surface area contributed by atoms with Crippen molar-refractivity contribution in [3.63, 3.8) is 0 Å². The van der Waals surface area contributed by atoms with Crippen molar-refractivity contribution >= 4 is 46.0 Å². The lowest BCUT2D eigenvalue weighted by atomic mass is 10.2. The molecule has 0 aliphatic carbocycles. The number of fused-ring (bicyclic) bond motifs is 1. The number of benzene rings is 1. The van der Waals surface area contributed by atoms with E-state index < -0.39 is 0 Å². The van der Waals surface area contributed by atoms with Crippen LogP contribution in [0.1, 0.15) is 10.5 Å². The van der Waals surface area contributed by atoms with Crippen molar-refractivity contribution in [2.45, 2.75) is 0 Å². The number of nitrogens with zero attached hydrogens (tertiary/aromatic N) is 4. The Morgan fingerprint density at radius 2 is 2.05 bits per heavy atom. The van der Waals surface area contributed by atoms with Gasteiger partial charge in [0.15, 0.2) is 10.8 Å². The topological polar surface area (TPSA) is 80.7 Å². The second-order valence-electron chi connectivity index (χ2n) is 3.63. The fraction of sp³-hybridized carbons (Fsp3) is 0. The molecule has 0 radical (unpaired) electrons. The number of nitrogens with one attached hydrogen (secondary N) is 1. The van der Waals surface area contributed by atoms with Crippen LogP contribution in [0.4, 0.5) is 5.69 Å². The summed E-state index contributed by atoms with van der Waals surface area (Å²) in [6.07, 6.45) is 0. The zero-order valence-electron chi connectivity index (χ0n) is 9.37. The largest absolute Gasteiger partial charge is 0.319 e. The molecule has 1 amide bonds. The molecule has 3 aromatic rings. The molecule has 0 bridgehead atoms. The summed E-state index contributed by atoms with van der Waals surface area (Å²) in [6.45, 7) is 0. The number of anilines is 1. The maximum absolute atomic E-state index is 12.0. The first kappa shape index (κ1) is 11.9. The Kier molecular flexibility index (Phi) is 3.06. The molecular weight excluding hydrogens is 286 g/mol. The normalized spacial score (nSPS) is 10.6. The minimum Gasteiger partial charge on any atom is -0.319 e. The number of hydrogen-bond acceptors (Lipinski definition) is 6. The third-order valence-corrected chi connectivity index (χ3v) is 3.14. The van der Waals surface area contributed by atoms with E-state index >= 15 is 0 Å². The number of aromatic nitrogens is 4. The third kappa shape index (κ3) is 2.38. The molecule has 0 fully saturated rings. The molecule has 2 heterocycles. The Hall–Kier alpha value is -2.12. The molecule has 0 atom stereocenters. The van der Waals surface area contributed by atoms with Crippen molar-refractivity contribution in [1.29, 1.82) is 0 Å². The number of carbonyl (C=O) groups excluding carboxylic acids is 1. The van der Waals surface area contributed by atoms with E-state index in [1.807, 2.05) is 6.07 Å². The summed E-state index contributed by atoms with van der Waals surface area (Å²) in [4.78, 5) is 12.0. The molecule has 1 N–H and O–H groups in total. The van der Waals surface area contributed by atoms with Crippen LogP contribution in [0, 0.1) is 0 Å². The molecule has 0 spiro atoms. The second-order valence-corrected chi connectivity index (χ2v) is 4.55. The van der Waals surface area contributed by atoms with Crippen LogP contribution in [0.15, 0.2) is 30.3 Å². The average Bonchev–Trinajstić information content (AvgIpc) is 2.89. The molecule has 2 aromatic heterocycles. The lowest BCUT2D eigenvalue weighted by Crippen LogP contribution is -2.14. The van der Waals surface area contributed by atoms with Gasteiger partial charge < -0.3 is 5.32 Å². The van der Waals surface area contributed by atoms with Gasteiger partial charge in [0.2, 0.25) is 0 Å². The number of hydrogen-bond donors (Lipinski definition) is 1. The maximum Gasteiger partial charge on any atom is 0.276 e. The van der Waals surface area contributed by atoms with E-state index in [4.69, 9.17) is 11.6 Å². The number of rotatable bonds is 2. The number of carbonyl (C=O) groups is 1. The standard InChI is InChI=1S/C11H6ClN5OS/c12-9-5-4-8(14-15-9)11(18)13-6-2-1-3-7-10(6)17-19-16-7/h1-5H,(H,13,18). The fourth-order valence-corrected chi connectivity index (χ4v) is 2.18. The Bertz CT molecular complexity index is 742. The van der Waals surface area contributed by atoms with Gasteiger partial charge in [0.1, 0.15) is 11.0 Å². The first-order valence-electron chi connectivity index (χ1n) is 5.26. The van der Waals surface area contributed by atoms with Gasteiger partial charge in [-0.25, -0.2) is 0 Å². The van der Waals surface area contributed by atoms with Gasteiger partial charge in [-0.2, -0.15) is 8.75 Å². The summed E-state index contributed by atoms with van der Waals surface area (Å²) in [5.41, 5.74) is 2.17. The zero-order chi connectivity index (χ0) is 13.2. The smallest absolute Gasteiger partial charge is 0.276 e. The third-order valence-electron chi connectivity index (χ3n) is 2.40. The van der Waals surface area contributed by atoms with Crippen LogP contribution < -0.4 is 5.32 Å². The highest BCUT2D eigenvalue weighted by molar-refractivity contribution is 7.00. The first-order chi connectivity index (χ1) is 9.24. The molecular formula is C11H6ClN5OS. The summed E-state index contributed by atoms with van der Waals surface area (Å²) in [7, 11) is 0. The van der Waals surface area contributed by atoms with Crippen LogP contribution in [-0.4, -0.2) is 24.9 Å². The van der Waals surface area contributed by atoms with Gasteiger partial charge in [0.25, 0.3) is 5.91 Å².